The second-order valence-corrected chi connectivity index (χ2v) is 7.19. The molecule has 0 aliphatic heterocycles. The van der Waals surface area contributed by atoms with Crippen molar-refractivity contribution < 1.29 is 0 Å². The molecule has 0 aliphatic rings. The summed E-state index contributed by atoms with van der Waals surface area (Å²) in [5.74, 6) is 2.40. The molecule has 0 aliphatic carbocycles. The molecule has 0 unspecified atom stereocenters. The van der Waals surface area contributed by atoms with Crippen molar-refractivity contribution >= 4 is 11.6 Å². The van der Waals surface area contributed by atoms with Crippen LogP contribution in [0, 0.1) is 6.92 Å². The Morgan fingerprint density at radius 2 is 1.54 bits per heavy atom. The molecule has 0 saturated heterocycles. The van der Waals surface area contributed by atoms with Gasteiger partial charge in [0.2, 0.25) is 0 Å². The van der Waals surface area contributed by atoms with Gasteiger partial charge in [-0.15, -0.1) is 0 Å². The first-order chi connectivity index (χ1) is 13.6. The molecule has 1 heterocycles. The Morgan fingerprint density at radius 1 is 0.857 bits per heavy atom. The summed E-state index contributed by atoms with van der Waals surface area (Å²) in [4.78, 5) is 11.6. The summed E-state index contributed by atoms with van der Waals surface area (Å²) in [6.45, 7) is 4.78. The molecule has 5 nitrogen and oxygen atoms in total. The van der Waals surface area contributed by atoms with E-state index >= 15 is 0 Å². The summed E-state index contributed by atoms with van der Waals surface area (Å²) in [5.41, 5.74) is 3.55. The number of benzene rings is 2. The molecule has 0 bridgehead atoms. The zero-order chi connectivity index (χ0) is 19.8. The number of hydrogen-bond donors (Lipinski definition) is 2. The quantitative estimate of drug-likeness (QED) is 0.542. The number of nitrogens with one attached hydrogen (secondary N) is 2. The summed E-state index contributed by atoms with van der Waals surface area (Å²) in [7, 11) is 4.18. The number of aryl methyl sites for hydroxylation is 1. The molecule has 0 fully saturated rings. The first kappa shape index (κ1) is 19.8. The maximum Gasteiger partial charge on any atom is 0.163 e. The van der Waals surface area contributed by atoms with Crippen molar-refractivity contribution in [2.75, 3.05) is 37.8 Å². The lowest BCUT2D eigenvalue weighted by atomic mass is 10.1. The normalized spacial score (nSPS) is 10.9. The van der Waals surface area contributed by atoms with Crippen LogP contribution in [0.4, 0.5) is 11.6 Å². The Kier molecular flexibility index (Phi) is 6.98. The Bertz CT molecular complexity index is 877. The van der Waals surface area contributed by atoms with Gasteiger partial charge in [0.15, 0.2) is 5.82 Å². The summed E-state index contributed by atoms with van der Waals surface area (Å²) >= 11 is 0. The maximum absolute atomic E-state index is 4.73. The molecule has 0 radical (unpaired) electrons. The monoisotopic (exact) mass is 375 g/mol. The van der Waals surface area contributed by atoms with Gasteiger partial charge in [0.25, 0.3) is 0 Å². The fourth-order valence-corrected chi connectivity index (χ4v) is 2.95. The van der Waals surface area contributed by atoms with Crippen molar-refractivity contribution in [1.29, 1.82) is 0 Å². The van der Waals surface area contributed by atoms with E-state index in [4.69, 9.17) is 9.97 Å². The molecule has 0 atom stereocenters. The molecule has 0 saturated carbocycles. The van der Waals surface area contributed by atoms with Gasteiger partial charge in [0, 0.05) is 24.7 Å². The van der Waals surface area contributed by atoms with Crippen LogP contribution in [-0.4, -0.2) is 42.1 Å². The zero-order valence-electron chi connectivity index (χ0n) is 16.9. The molecule has 1 aromatic heterocycles. The molecule has 3 aromatic rings. The van der Waals surface area contributed by atoms with Crippen LogP contribution in [0.25, 0.3) is 11.4 Å². The Hall–Kier alpha value is -2.92. The minimum absolute atomic E-state index is 0.727. The fourth-order valence-electron chi connectivity index (χ4n) is 2.95. The van der Waals surface area contributed by atoms with Crippen LogP contribution in [0.2, 0.25) is 0 Å². The number of nitrogens with zero attached hydrogens (tertiary/aromatic N) is 3. The number of hydrogen-bond acceptors (Lipinski definition) is 5. The average Bonchev–Trinajstić information content (AvgIpc) is 2.71. The van der Waals surface area contributed by atoms with Gasteiger partial charge < -0.3 is 15.5 Å². The lowest BCUT2D eigenvalue weighted by Crippen LogP contribution is -2.17. The van der Waals surface area contributed by atoms with E-state index < -0.39 is 0 Å². The lowest BCUT2D eigenvalue weighted by molar-refractivity contribution is 0.405. The van der Waals surface area contributed by atoms with Crippen molar-refractivity contribution in [2.45, 2.75) is 19.9 Å². The molecular formula is C23H29N5. The molecule has 28 heavy (non-hydrogen) atoms. The van der Waals surface area contributed by atoms with Crippen molar-refractivity contribution in [2.24, 2.45) is 0 Å². The van der Waals surface area contributed by atoms with Gasteiger partial charge in [0.05, 0.1) is 0 Å². The average molecular weight is 376 g/mol. The molecule has 0 spiro atoms. The fraction of sp³-hybridized carbons (Fsp3) is 0.304. The molecular weight excluding hydrogens is 346 g/mol. The highest BCUT2D eigenvalue weighted by Gasteiger charge is 2.07. The maximum atomic E-state index is 4.73. The van der Waals surface area contributed by atoms with Crippen molar-refractivity contribution in [1.82, 2.24) is 14.9 Å². The Balaban J connectivity index is 1.77. The minimum atomic E-state index is 0.727. The van der Waals surface area contributed by atoms with Crippen LogP contribution in [0.15, 0.2) is 60.7 Å². The largest absolute Gasteiger partial charge is 0.370 e. The van der Waals surface area contributed by atoms with Gasteiger partial charge in [0.1, 0.15) is 11.6 Å². The van der Waals surface area contributed by atoms with E-state index in [9.17, 15) is 0 Å². The van der Waals surface area contributed by atoms with E-state index in [-0.39, 0.29) is 0 Å². The first-order valence-electron chi connectivity index (χ1n) is 9.73. The summed E-state index contributed by atoms with van der Waals surface area (Å²) < 4.78 is 0. The van der Waals surface area contributed by atoms with Crippen molar-refractivity contribution in [3.8, 4) is 11.4 Å². The third-order valence-electron chi connectivity index (χ3n) is 4.57. The lowest BCUT2D eigenvalue weighted by Gasteiger charge is -2.13. The molecule has 146 valence electrons. The number of anilines is 2. The highest BCUT2D eigenvalue weighted by atomic mass is 15.1. The van der Waals surface area contributed by atoms with E-state index in [1.165, 1.54) is 11.1 Å². The van der Waals surface area contributed by atoms with Crippen LogP contribution in [0.3, 0.4) is 0 Å². The van der Waals surface area contributed by atoms with Gasteiger partial charge in [-0.3, -0.25) is 0 Å². The van der Waals surface area contributed by atoms with Gasteiger partial charge in [-0.05, 0) is 45.1 Å². The third-order valence-corrected chi connectivity index (χ3v) is 4.57. The topological polar surface area (TPSA) is 53.1 Å². The third kappa shape index (κ3) is 5.79. The Labute approximate surface area is 167 Å². The van der Waals surface area contributed by atoms with E-state index in [0.717, 1.165) is 49.1 Å². The minimum Gasteiger partial charge on any atom is -0.370 e. The van der Waals surface area contributed by atoms with E-state index in [1.807, 2.05) is 36.4 Å². The molecule has 2 aromatic carbocycles. The standard InChI is InChI=1S/C23H29N5/c1-18-10-7-8-13-20(18)17-25-22-16-21(24-14-9-15-28(2)3)26-23(27-22)19-11-5-4-6-12-19/h4-8,10-13,16H,9,14-15,17H2,1-3H3,(H2,24,25,26,27). The van der Waals surface area contributed by atoms with Gasteiger partial charge in [-0.25, -0.2) is 9.97 Å². The SMILES string of the molecule is Cc1ccccc1CNc1cc(NCCCN(C)C)nc(-c2ccccc2)n1. The number of aromatic nitrogens is 2. The zero-order valence-corrected chi connectivity index (χ0v) is 16.9. The Morgan fingerprint density at radius 3 is 2.25 bits per heavy atom. The van der Waals surface area contributed by atoms with Crippen LogP contribution in [-0.2, 0) is 6.54 Å². The molecule has 3 rings (SSSR count). The summed E-state index contributed by atoms with van der Waals surface area (Å²) in [6.07, 6.45) is 1.06. The van der Waals surface area contributed by atoms with Crippen LogP contribution in [0.1, 0.15) is 17.5 Å². The summed E-state index contributed by atoms with van der Waals surface area (Å²) in [6, 6.07) is 20.5. The van der Waals surface area contributed by atoms with Crippen LogP contribution >= 0.6 is 0 Å². The molecule has 2 N–H and O–H groups in total. The van der Waals surface area contributed by atoms with Crippen LogP contribution in [0.5, 0.6) is 0 Å². The molecule has 0 amide bonds. The highest BCUT2D eigenvalue weighted by molar-refractivity contribution is 5.61. The molecule has 5 heteroatoms. The highest BCUT2D eigenvalue weighted by Crippen LogP contribution is 2.21. The second kappa shape index (κ2) is 9.85. The number of rotatable bonds is 9. The van der Waals surface area contributed by atoms with E-state index in [0.29, 0.717) is 0 Å². The van der Waals surface area contributed by atoms with Crippen LogP contribution < -0.4 is 10.6 Å². The van der Waals surface area contributed by atoms with Crippen molar-refractivity contribution in [3.63, 3.8) is 0 Å². The second-order valence-electron chi connectivity index (χ2n) is 7.19. The predicted molar refractivity (Wildman–Crippen MR) is 118 cm³/mol. The smallest absolute Gasteiger partial charge is 0.163 e. The summed E-state index contributed by atoms with van der Waals surface area (Å²) in [5, 5.41) is 6.90. The first-order valence-corrected chi connectivity index (χ1v) is 9.73. The van der Waals surface area contributed by atoms with Gasteiger partial charge >= 0.3 is 0 Å². The van der Waals surface area contributed by atoms with E-state index in [1.54, 1.807) is 0 Å². The van der Waals surface area contributed by atoms with E-state index in [2.05, 4.69) is 60.8 Å². The van der Waals surface area contributed by atoms with Gasteiger partial charge in [-0.2, -0.15) is 0 Å². The van der Waals surface area contributed by atoms with Crippen molar-refractivity contribution in [3.05, 3.63) is 71.8 Å². The van der Waals surface area contributed by atoms with Gasteiger partial charge in [-0.1, -0.05) is 54.6 Å². The predicted octanol–water partition coefficient (Wildman–Crippen LogP) is 4.43.